The minimum Gasteiger partial charge on any atom is -0.477 e. The number of carbonyl (C=O) groups excluding carboxylic acids is 1. The highest BCUT2D eigenvalue weighted by Gasteiger charge is 2.23. The molecule has 0 radical (unpaired) electrons. The number of nitrogens with zero attached hydrogens (tertiary/aromatic N) is 3. The minimum atomic E-state index is -1.17. The van der Waals surface area contributed by atoms with Crippen LogP contribution in [0.5, 0.6) is 0 Å². The van der Waals surface area contributed by atoms with Gasteiger partial charge in [-0.2, -0.15) is 5.26 Å². The van der Waals surface area contributed by atoms with E-state index in [-0.39, 0.29) is 22.6 Å². The maximum atomic E-state index is 12.1. The highest BCUT2D eigenvalue weighted by atomic mass is 16.5. The van der Waals surface area contributed by atoms with Gasteiger partial charge in [0, 0.05) is 11.6 Å². The highest BCUT2D eigenvalue weighted by Crippen LogP contribution is 2.28. The van der Waals surface area contributed by atoms with E-state index in [2.05, 4.69) is 4.98 Å². The SMILES string of the molecule is COC(=O)c1c(N)c(C#N)cn1-c1cccc2ccc(C(=O)O)nc12. The summed E-state index contributed by atoms with van der Waals surface area (Å²) in [7, 11) is 1.20. The van der Waals surface area contributed by atoms with Crippen LogP contribution in [0.25, 0.3) is 16.6 Å². The second-order valence-electron chi connectivity index (χ2n) is 5.13. The van der Waals surface area contributed by atoms with Gasteiger partial charge in [-0.25, -0.2) is 14.6 Å². The van der Waals surface area contributed by atoms with Gasteiger partial charge < -0.3 is 20.1 Å². The summed E-state index contributed by atoms with van der Waals surface area (Å²) >= 11 is 0. The van der Waals surface area contributed by atoms with Crippen molar-refractivity contribution in [2.75, 3.05) is 12.8 Å². The molecule has 0 saturated heterocycles. The Balaban J connectivity index is 2.37. The number of hydrogen-bond donors (Lipinski definition) is 2. The zero-order chi connectivity index (χ0) is 18.1. The molecule has 3 N–H and O–H groups in total. The molecule has 1 aromatic carbocycles. The van der Waals surface area contributed by atoms with Gasteiger partial charge in [-0.1, -0.05) is 18.2 Å². The van der Waals surface area contributed by atoms with Crippen LogP contribution in [0.15, 0.2) is 36.5 Å². The fourth-order valence-electron chi connectivity index (χ4n) is 2.55. The number of nitriles is 1. The molecular formula is C17H12N4O4. The number of aromatic nitrogens is 2. The Morgan fingerprint density at radius 1 is 1.32 bits per heavy atom. The molecule has 0 spiro atoms. The average Bonchev–Trinajstić information content (AvgIpc) is 2.96. The Morgan fingerprint density at radius 2 is 2.08 bits per heavy atom. The monoisotopic (exact) mass is 336 g/mol. The lowest BCUT2D eigenvalue weighted by Crippen LogP contribution is -2.12. The molecule has 2 heterocycles. The fraction of sp³-hybridized carbons (Fsp3) is 0.0588. The average molecular weight is 336 g/mol. The fourth-order valence-corrected chi connectivity index (χ4v) is 2.55. The van der Waals surface area contributed by atoms with E-state index in [9.17, 15) is 14.9 Å². The Hall–Kier alpha value is -3.86. The summed E-state index contributed by atoms with van der Waals surface area (Å²) in [4.78, 5) is 27.5. The Bertz CT molecular complexity index is 1060. The molecule has 0 aliphatic rings. The van der Waals surface area contributed by atoms with Gasteiger partial charge in [0.15, 0.2) is 5.69 Å². The summed E-state index contributed by atoms with van der Waals surface area (Å²) in [6.07, 6.45) is 1.39. The van der Waals surface area contributed by atoms with E-state index in [0.29, 0.717) is 16.6 Å². The van der Waals surface area contributed by atoms with E-state index >= 15 is 0 Å². The van der Waals surface area contributed by atoms with Crippen molar-refractivity contribution >= 4 is 28.5 Å². The van der Waals surface area contributed by atoms with Crippen molar-refractivity contribution in [2.45, 2.75) is 0 Å². The molecule has 0 atom stereocenters. The van der Waals surface area contributed by atoms with E-state index < -0.39 is 11.9 Å². The molecule has 3 rings (SSSR count). The number of anilines is 1. The lowest BCUT2D eigenvalue weighted by molar-refractivity contribution is 0.0592. The lowest BCUT2D eigenvalue weighted by atomic mass is 10.1. The van der Waals surface area contributed by atoms with Crippen molar-refractivity contribution in [2.24, 2.45) is 0 Å². The van der Waals surface area contributed by atoms with Crippen LogP contribution in [0.2, 0.25) is 0 Å². The van der Waals surface area contributed by atoms with Crippen LogP contribution >= 0.6 is 0 Å². The summed E-state index contributed by atoms with van der Waals surface area (Å²) in [5.74, 6) is -1.89. The third-order valence-electron chi connectivity index (χ3n) is 3.72. The third kappa shape index (κ3) is 2.53. The molecule has 8 heteroatoms. The standard InChI is InChI=1S/C17H12N4O4/c1-25-17(24)15-13(19)10(7-18)8-21(15)12-4-2-3-9-5-6-11(16(22)23)20-14(9)12/h2-6,8H,19H2,1H3,(H,22,23). The summed E-state index contributed by atoms with van der Waals surface area (Å²) in [6.45, 7) is 0. The molecule has 0 amide bonds. The molecule has 124 valence electrons. The number of ether oxygens (including phenoxy) is 1. The first-order valence-electron chi connectivity index (χ1n) is 7.10. The van der Waals surface area contributed by atoms with Gasteiger partial charge in [0.05, 0.1) is 29.6 Å². The molecule has 25 heavy (non-hydrogen) atoms. The lowest BCUT2D eigenvalue weighted by Gasteiger charge is -2.11. The largest absolute Gasteiger partial charge is 0.477 e. The molecule has 0 fully saturated rings. The van der Waals surface area contributed by atoms with Crippen molar-refractivity contribution in [3.8, 4) is 11.8 Å². The van der Waals surface area contributed by atoms with Crippen molar-refractivity contribution in [3.63, 3.8) is 0 Å². The molecule has 0 bridgehead atoms. The predicted molar refractivity (Wildman–Crippen MR) is 88.5 cm³/mol. The molecule has 2 aromatic heterocycles. The van der Waals surface area contributed by atoms with Crippen molar-refractivity contribution in [1.82, 2.24) is 9.55 Å². The van der Waals surface area contributed by atoms with Crippen LogP contribution in [0.4, 0.5) is 5.69 Å². The number of hydrogen-bond acceptors (Lipinski definition) is 6. The molecule has 0 saturated carbocycles. The Kier molecular flexibility index (Phi) is 3.83. The number of para-hydroxylation sites is 1. The predicted octanol–water partition coefficient (Wildman–Crippen LogP) is 1.96. The number of carboxylic acids is 1. The van der Waals surface area contributed by atoms with Gasteiger partial charge >= 0.3 is 11.9 Å². The Labute approximate surface area is 141 Å². The van der Waals surface area contributed by atoms with E-state index in [4.69, 9.17) is 15.6 Å². The van der Waals surface area contributed by atoms with Crippen LogP contribution in [-0.2, 0) is 4.74 Å². The maximum Gasteiger partial charge on any atom is 0.357 e. The van der Waals surface area contributed by atoms with E-state index in [0.717, 1.165) is 0 Å². The smallest absolute Gasteiger partial charge is 0.357 e. The highest BCUT2D eigenvalue weighted by molar-refractivity contribution is 5.98. The summed E-state index contributed by atoms with van der Waals surface area (Å²) < 4.78 is 6.14. The van der Waals surface area contributed by atoms with E-state index in [1.54, 1.807) is 24.3 Å². The number of methoxy groups -OCH3 is 1. The number of carbonyl (C=O) groups is 2. The van der Waals surface area contributed by atoms with Crippen LogP contribution in [-0.4, -0.2) is 33.7 Å². The van der Waals surface area contributed by atoms with Gasteiger partial charge in [-0.05, 0) is 12.1 Å². The van der Waals surface area contributed by atoms with Crippen LogP contribution in [0.3, 0.4) is 0 Å². The number of aromatic carboxylic acids is 1. The molecule has 0 aliphatic heterocycles. The topological polar surface area (TPSA) is 131 Å². The molecule has 0 aliphatic carbocycles. The minimum absolute atomic E-state index is 0.0132. The van der Waals surface area contributed by atoms with Crippen molar-refractivity contribution < 1.29 is 19.4 Å². The van der Waals surface area contributed by atoms with Crippen LogP contribution in [0.1, 0.15) is 26.5 Å². The first-order valence-corrected chi connectivity index (χ1v) is 7.10. The number of pyridine rings is 1. The summed E-state index contributed by atoms with van der Waals surface area (Å²) in [5.41, 5.74) is 6.59. The first-order chi connectivity index (χ1) is 12.0. The van der Waals surface area contributed by atoms with Crippen molar-refractivity contribution in [1.29, 1.82) is 5.26 Å². The number of rotatable bonds is 3. The van der Waals surface area contributed by atoms with Crippen molar-refractivity contribution in [3.05, 3.63) is 53.5 Å². The number of nitrogen functional groups attached to an aromatic ring is 1. The summed E-state index contributed by atoms with van der Waals surface area (Å²) in [5, 5.41) is 19.0. The quantitative estimate of drug-likeness (QED) is 0.699. The zero-order valence-corrected chi connectivity index (χ0v) is 13.1. The van der Waals surface area contributed by atoms with E-state index in [1.807, 2.05) is 6.07 Å². The molecule has 0 unspecified atom stereocenters. The maximum absolute atomic E-state index is 12.1. The molecule has 3 aromatic rings. The van der Waals surface area contributed by atoms with Gasteiger partial charge in [0.1, 0.15) is 11.8 Å². The van der Waals surface area contributed by atoms with Gasteiger partial charge in [-0.3, -0.25) is 0 Å². The molecular weight excluding hydrogens is 324 g/mol. The normalized spacial score (nSPS) is 10.4. The second-order valence-corrected chi connectivity index (χ2v) is 5.13. The summed E-state index contributed by atoms with van der Waals surface area (Å²) in [6, 6.07) is 10.0. The third-order valence-corrected chi connectivity index (χ3v) is 3.72. The van der Waals surface area contributed by atoms with Gasteiger partial charge in [-0.15, -0.1) is 0 Å². The van der Waals surface area contributed by atoms with Crippen LogP contribution < -0.4 is 5.73 Å². The van der Waals surface area contributed by atoms with Crippen LogP contribution in [0, 0.1) is 11.3 Å². The number of esters is 1. The number of benzene rings is 1. The van der Waals surface area contributed by atoms with Gasteiger partial charge in [0.25, 0.3) is 0 Å². The number of carboxylic acid groups (broad SMARTS) is 1. The number of nitrogens with two attached hydrogens (primary N) is 1. The Morgan fingerprint density at radius 3 is 2.72 bits per heavy atom. The van der Waals surface area contributed by atoms with E-state index in [1.165, 1.54) is 23.9 Å². The first kappa shape index (κ1) is 16.0. The van der Waals surface area contributed by atoms with Gasteiger partial charge in [0.2, 0.25) is 0 Å². The number of fused-ring (bicyclic) bond motifs is 1. The second kappa shape index (κ2) is 5.98. The zero-order valence-electron chi connectivity index (χ0n) is 13.1. The molecule has 8 nitrogen and oxygen atoms in total.